The highest BCUT2D eigenvalue weighted by atomic mass is 31.1. The highest BCUT2D eigenvalue weighted by molar-refractivity contribution is 7.30. The van der Waals surface area contributed by atoms with Gasteiger partial charge < -0.3 is 10.8 Å². The van der Waals surface area contributed by atoms with Gasteiger partial charge in [-0.3, -0.25) is 4.79 Å². The average molecular weight is 246 g/mol. The fourth-order valence-corrected chi connectivity index (χ4v) is 0.955. The minimum absolute atomic E-state index is 0.385. The Morgan fingerprint density at radius 3 is 2.12 bits per heavy atom. The summed E-state index contributed by atoms with van der Waals surface area (Å²) >= 11 is 0. The van der Waals surface area contributed by atoms with Crippen LogP contribution in [0.25, 0.3) is 0 Å². The fraction of sp³-hybridized carbons (Fsp3) is 0.222. The molecule has 0 saturated heterocycles. The second-order valence-electron chi connectivity index (χ2n) is 2.89. The summed E-state index contributed by atoms with van der Waals surface area (Å²) < 4.78 is 8.70. The average Bonchev–Trinajstić information content (AvgIpc) is 2.18. The fourth-order valence-electron chi connectivity index (χ4n) is 0.955. The Labute approximate surface area is 93.3 Å². The number of aliphatic carboxylic acids is 1. The van der Waals surface area contributed by atoms with E-state index in [1.165, 1.54) is 0 Å². The number of rotatable bonds is 3. The number of carboxylic acid groups (broad SMARTS) is 1. The summed E-state index contributed by atoms with van der Waals surface area (Å²) in [5.74, 6) is -0.959. The third-order valence-electron chi connectivity index (χ3n) is 1.62. The van der Waals surface area contributed by atoms with Crippen LogP contribution in [0.5, 0.6) is 0 Å². The first-order valence-electron chi connectivity index (χ1n) is 4.30. The maximum atomic E-state index is 10.4. The first-order chi connectivity index (χ1) is 7.43. The van der Waals surface area contributed by atoms with Gasteiger partial charge in [0.15, 0.2) is 0 Å². The van der Waals surface area contributed by atoms with Crippen molar-refractivity contribution >= 4 is 14.2 Å². The maximum absolute atomic E-state index is 10.4. The molecule has 0 heterocycles. The van der Waals surface area contributed by atoms with Crippen LogP contribution in [0.1, 0.15) is 5.56 Å². The highest BCUT2D eigenvalue weighted by Crippen LogP contribution is 2.01. The van der Waals surface area contributed by atoms with Gasteiger partial charge in [0.05, 0.1) is 0 Å². The Kier molecular flexibility index (Phi) is 7.24. The van der Waals surface area contributed by atoms with Gasteiger partial charge in [-0.05, 0) is 12.0 Å². The van der Waals surface area contributed by atoms with Crippen molar-refractivity contribution in [2.45, 2.75) is 12.5 Å². The smallest absolute Gasteiger partial charge is 0.480 e. The second kappa shape index (κ2) is 7.90. The van der Waals surface area contributed by atoms with Gasteiger partial charge in [-0.1, -0.05) is 30.3 Å². The van der Waals surface area contributed by atoms with Gasteiger partial charge >= 0.3 is 14.2 Å². The first-order valence-corrected chi connectivity index (χ1v) is 5.47. The summed E-state index contributed by atoms with van der Waals surface area (Å²) in [6, 6.07) is 8.54. The third kappa shape index (κ3) is 8.02. The molecular weight excluding hydrogens is 233 g/mol. The number of carbonyl (C=O) groups is 1. The molecule has 0 radical (unpaired) electrons. The van der Waals surface area contributed by atoms with E-state index in [9.17, 15) is 4.79 Å². The van der Waals surface area contributed by atoms with Crippen molar-refractivity contribution in [1.29, 1.82) is 0 Å². The molecule has 1 rings (SSSR count). The normalized spacial score (nSPS) is 10.9. The Morgan fingerprint density at radius 1 is 1.31 bits per heavy atom. The lowest BCUT2D eigenvalue weighted by Gasteiger charge is -2.04. The first kappa shape index (κ1) is 14.7. The Hall–Kier alpha value is -1.33. The van der Waals surface area contributed by atoms with Crippen molar-refractivity contribution in [2.24, 2.45) is 5.73 Å². The molecule has 16 heavy (non-hydrogen) atoms. The molecule has 0 aliphatic rings. The highest BCUT2D eigenvalue weighted by Gasteiger charge is 2.10. The number of benzene rings is 1. The molecule has 1 aromatic rings. The molecule has 5 N–H and O–H groups in total. The summed E-state index contributed by atoms with van der Waals surface area (Å²) in [5, 5.41) is 8.52. The summed E-state index contributed by atoms with van der Waals surface area (Å²) in [4.78, 5) is 24.6. The predicted molar refractivity (Wildman–Crippen MR) is 57.8 cm³/mol. The molecule has 0 aliphatic heterocycles. The van der Waals surface area contributed by atoms with Crippen LogP contribution in [-0.2, 0) is 15.8 Å². The molecule has 0 aromatic heterocycles. The number of carboxylic acids is 1. The zero-order valence-corrected chi connectivity index (χ0v) is 9.25. The van der Waals surface area contributed by atoms with Crippen LogP contribution in [0.3, 0.4) is 0 Å². The molecule has 0 saturated carbocycles. The minimum Gasteiger partial charge on any atom is -0.480 e. The lowest BCUT2D eigenvalue weighted by Crippen LogP contribution is -2.32. The number of nitrogens with two attached hydrogens (primary N) is 1. The van der Waals surface area contributed by atoms with E-state index in [0.717, 1.165) is 5.56 Å². The van der Waals surface area contributed by atoms with Gasteiger partial charge in [0.25, 0.3) is 0 Å². The minimum atomic E-state index is -2.87. The van der Waals surface area contributed by atoms with Crippen LogP contribution in [0.2, 0.25) is 0 Å². The van der Waals surface area contributed by atoms with Gasteiger partial charge in [-0.15, -0.1) is 9.79 Å². The van der Waals surface area contributed by atoms with Crippen molar-refractivity contribution in [3.8, 4) is 0 Å². The van der Waals surface area contributed by atoms with Crippen molar-refractivity contribution in [2.75, 3.05) is 0 Å². The second-order valence-corrected chi connectivity index (χ2v) is 3.39. The topological polar surface area (TPSA) is 121 Å². The Morgan fingerprint density at radius 2 is 1.75 bits per heavy atom. The van der Waals surface area contributed by atoms with Gasteiger partial charge in [0, 0.05) is 4.57 Å². The predicted octanol–water partition coefficient (Wildman–Crippen LogP) is 0.269. The summed E-state index contributed by atoms with van der Waals surface area (Å²) in [5.41, 5.74) is 6.30. The van der Waals surface area contributed by atoms with E-state index in [0.29, 0.717) is 6.42 Å². The van der Waals surface area contributed by atoms with E-state index in [1.54, 1.807) is 0 Å². The molecule has 0 fully saturated rings. The van der Waals surface area contributed by atoms with E-state index >= 15 is 0 Å². The summed E-state index contributed by atoms with van der Waals surface area (Å²) in [6.07, 6.45) is 0.385. The van der Waals surface area contributed by atoms with Gasteiger partial charge in [-0.2, -0.15) is 0 Å². The van der Waals surface area contributed by atoms with Crippen molar-refractivity contribution in [3.63, 3.8) is 0 Å². The molecular formula is C9H13NO5P+. The number of hydrogen-bond acceptors (Lipinski definition) is 3. The van der Waals surface area contributed by atoms with Crippen LogP contribution in [-0.4, -0.2) is 26.9 Å². The van der Waals surface area contributed by atoms with Crippen molar-refractivity contribution < 1.29 is 24.3 Å². The van der Waals surface area contributed by atoms with Crippen LogP contribution in [0.15, 0.2) is 30.3 Å². The van der Waals surface area contributed by atoms with Crippen LogP contribution in [0, 0.1) is 0 Å². The lowest BCUT2D eigenvalue weighted by molar-refractivity contribution is -0.138. The van der Waals surface area contributed by atoms with E-state index in [-0.39, 0.29) is 0 Å². The lowest BCUT2D eigenvalue weighted by atomic mass is 10.1. The van der Waals surface area contributed by atoms with Crippen LogP contribution < -0.4 is 5.73 Å². The molecule has 1 unspecified atom stereocenters. The zero-order valence-electron chi connectivity index (χ0n) is 8.35. The van der Waals surface area contributed by atoms with Crippen LogP contribution in [0.4, 0.5) is 0 Å². The molecule has 7 heteroatoms. The standard InChI is InChI=1S/C9H11NO2.HO3P/c10-8(9(11)12)6-7-4-2-1-3-5-7;1-4(2)3/h1-5,8H,6,10H2,(H,11,12);(H-,1,2,3)/p+1. The third-order valence-corrected chi connectivity index (χ3v) is 1.62. The largest absolute Gasteiger partial charge is 0.692 e. The maximum Gasteiger partial charge on any atom is 0.692 e. The molecule has 1 atom stereocenters. The molecule has 1 aromatic carbocycles. The Bertz CT molecular complexity index is 339. The Balaban J connectivity index is 0.000000487. The quantitative estimate of drug-likeness (QED) is 0.568. The molecule has 0 aliphatic carbocycles. The van der Waals surface area contributed by atoms with E-state index < -0.39 is 20.3 Å². The molecule has 0 bridgehead atoms. The molecule has 6 nitrogen and oxygen atoms in total. The van der Waals surface area contributed by atoms with E-state index in [1.807, 2.05) is 30.3 Å². The van der Waals surface area contributed by atoms with Crippen molar-refractivity contribution in [1.82, 2.24) is 0 Å². The molecule has 0 spiro atoms. The van der Waals surface area contributed by atoms with E-state index in [4.69, 9.17) is 25.2 Å². The number of hydrogen-bond donors (Lipinski definition) is 4. The molecule has 88 valence electrons. The van der Waals surface area contributed by atoms with Gasteiger partial charge in [-0.25, -0.2) is 0 Å². The molecule has 0 amide bonds. The van der Waals surface area contributed by atoms with Crippen LogP contribution >= 0.6 is 8.25 Å². The van der Waals surface area contributed by atoms with Crippen molar-refractivity contribution in [3.05, 3.63) is 35.9 Å². The summed E-state index contributed by atoms with van der Waals surface area (Å²) in [6.45, 7) is 0. The van der Waals surface area contributed by atoms with E-state index in [2.05, 4.69) is 0 Å². The van der Waals surface area contributed by atoms with Gasteiger partial charge in [0.1, 0.15) is 6.04 Å². The summed E-state index contributed by atoms with van der Waals surface area (Å²) in [7, 11) is -2.87. The SMILES string of the molecule is NC(Cc1ccccc1)C(=O)O.O=[P+](O)O. The van der Waals surface area contributed by atoms with Gasteiger partial charge in [0.2, 0.25) is 0 Å². The monoisotopic (exact) mass is 246 g/mol. The zero-order chi connectivity index (χ0) is 12.6.